The number of carbonyl (C=O) groups is 2. The van der Waals surface area contributed by atoms with Gasteiger partial charge in [-0.3, -0.25) is 9.59 Å². The van der Waals surface area contributed by atoms with Crippen molar-refractivity contribution in [1.82, 2.24) is 5.32 Å². The number of nitrogens with one attached hydrogen (secondary N) is 3. The van der Waals surface area contributed by atoms with Gasteiger partial charge in [-0.05, 0) is 43.4 Å². The summed E-state index contributed by atoms with van der Waals surface area (Å²) in [5.74, 6) is 0.485. The molecular weight excluding hydrogens is 338 g/mol. The molecule has 0 aliphatic rings. The fourth-order valence-corrected chi connectivity index (χ4v) is 3.11. The van der Waals surface area contributed by atoms with Gasteiger partial charge in [0.1, 0.15) is 0 Å². The average Bonchev–Trinajstić information content (AvgIpc) is 2.62. The maximum atomic E-state index is 12.2. The van der Waals surface area contributed by atoms with Crippen LogP contribution in [0.15, 0.2) is 24.3 Å². The van der Waals surface area contributed by atoms with Crippen molar-refractivity contribution in [1.29, 1.82) is 0 Å². The molecule has 5 nitrogen and oxygen atoms in total. The second kappa shape index (κ2) is 12.5. The van der Waals surface area contributed by atoms with Crippen LogP contribution in [0.1, 0.15) is 65.4 Å². The van der Waals surface area contributed by atoms with Gasteiger partial charge >= 0.3 is 0 Å². The summed E-state index contributed by atoms with van der Waals surface area (Å²) in [5, 5.41) is 5.89. The van der Waals surface area contributed by atoms with Crippen LogP contribution < -0.4 is 15.5 Å². The summed E-state index contributed by atoms with van der Waals surface area (Å²) >= 11 is 0. The van der Waals surface area contributed by atoms with Gasteiger partial charge < -0.3 is 15.5 Å². The molecule has 152 valence electrons. The summed E-state index contributed by atoms with van der Waals surface area (Å²) in [6, 6.07) is 7.94. The first-order valence-corrected chi connectivity index (χ1v) is 10.4. The highest BCUT2D eigenvalue weighted by molar-refractivity contribution is 5.91. The van der Waals surface area contributed by atoms with Crippen molar-refractivity contribution in [3.8, 4) is 0 Å². The molecule has 0 aliphatic heterocycles. The SMILES string of the molecule is CC[NH+](CC)CCCNC(=O)C[C@@H](C)CC(=O)Nc1ccc(C(C)C)cc1. The molecule has 0 spiro atoms. The van der Waals surface area contributed by atoms with Crippen LogP contribution in [0.2, 0.25) is 0 Å². The first-order valence-electron chi connectivity index (χ1n) is 10.4. The zero-order chi connectivity index (χ0) is 20.2. The van der Waals surface area contributed by atoms with E-state index in [1.807, 2.05) is 31.2 Å². The maximum absolute atomic E-state index is 12.2. The Morgan fingerprint density at radius 1 is 0.963 bits per heavy atom. The van der Waals surface area contributed by atoms with E-state index in [9.17, 15) is 9.59 Å². The third kappa shape index (κ3) is 9.57. The van der Waals surface area contributed by atoms with Crippen molar-refractivity contribution in [2.45, 2.75) is 59.8 Å². The van der Waals surface area contributed by atoms with Gasteiger partial charge in [0, 0.05) is 31.5 Å². The van der Waals surface area contributed by atoms with Gasteiger partial charge in [-0.2, -0.15) is 0 Å². The Balaban J connectivity index is 2.27. The van der Waals surface area contributed by atoms with Gasteiger partial charge in [0.15, 0.2) is 0 Å². The number of hydrogen-bond acceptors (Lipinski definition) is 2. The van der Waals surface area contributed by atoms with E-state index in [2.05, 4.69) is 38.3 Å². The van der Waals surface area contributed by atoms with Crippen LogP contribution in [0, 0.1) is 5.92 Å². The van der Waals surface area contributed by atoms with Gasteiger partial charge in [-0.25, -0.2) is 0 Å². The second-order valence-corrected chi connectivity index (χ2v) is 7.75. The van der Waals surface area contributed by atoms with Crippen molar-refractivity contribution in [2.75, 3.05) is 31.5 Å². The summed E-state index contributed by atoms with van der Waals surface area (Å²) in [4.78, 5) is 25.8. The van der Waals surface area contributed by atoms with Crippen molar-refractivity contribution in [2.24, 2.45) is 5.92 Å². The largest absolute Gasteiger partial charge is 0.356 e. The standard InChI is InChI=1S/C22H37N3O2/c1-6-25(7-2)14-8-13-23-21(26)15-18(5)16-22(27)24-20-11-9-19(10-12-20)17(3)4/h9-12,17-18H,6-8,13-16H2,1-5H3,(H,23,26)(H,24,27)/p+1/t18-/m1/s1. The minimum absolute atomic E-state index is 0.0216. The first-order chi connectivity index (χ1) is 12.8. The summed E-state index contributed by atoms with van der Waals surface area (Å²) < 4.78 is 0. The average molecular weight is 377 g/mol. The van der Waals surface area contributed by atoms with Gasteiger partial charge in [-0.15, -0.1) is 0 Å². The number of amides is 2. The molecular formula is C22H38N3O2+. The molecule has 1 aromatic rings. The number of rotatable bonds is 12. The second-order valence-electron chi connectivity index (χ2n) is 7.75. The number of quaternary nitrogens is 1. The molecule has 0 heterocycles. The monoisotopic (exact) mass is 376 g/mol. The molecule has 0 aliphatic carbocycles. The van der Waals surface area contributed by atoms with Gasteiger partial charge in [-0.1, -0.05) is 32.9 Å². The minimum Gasteiger partial charge on any atom is -0.356 e. The zero-order valence-electron chi connectivity index (χ0n) is 17.7. The van der Waals surface area contributed by atoms with Gasteiger partial charge in [0.05, 0.1) is 19.6 Å². The minimum atomic E-state index is -0.0438. The van der Waals surface area contributed by atoms with E-state index in [0.717, 1.165) is 31.7 Å². The molecule has 0 radical (unpaired) electrons. The quantitative estimate of drug-likeness (QED) is 0.491. The molecule has 1 atom stereocenters. The Morgan fingerprint density at radius 3 is 2.11 bits per heavy atom. The molecule has 3 N–H and O–H groups in total. The van der Waals surface area contributed by atoms with Crippen molar-refractivity contribution in [3.63, 3.8) is 0 Å². The van der Waals surface area contributed by atoms with Crippen LogP contribution in [-0.2, 0) is 9.59 Å². The fraction of sp³-hybridized carbons (Fsp3) is 0.636. The summed E-state index contributed by atoms with van der Waals surface area (Å²) in [7, 11) is 0. The smallest absolute Gasteiger partial charge is 0.224 e. The normalized spacial score (nSPS) is 12.3. The lowest BCUT2D eigenvalue weighted by Gasteiger charge is -2.15. The molecule has 0 saturated carbocycles. The van der Waals surface area contributed by atoms with E-state index >= 15 is 0 Å². The summed E-state index contributed by atoms with van der Waals surface area (Å²) in [6.07, 6.45) is 1.73. The maximum Gasteiger partial charge on any atom is 0.224 e. The molecule has 0 bridgehead atoms. The van der Waals surface area contributed by atoms with E-state index in [1.54, 1.807) is 4.90 Å². The number of benzene rings is 1. The third-order valence-electron chi connectivity index (χ3n) is 4.96. The molecule has 27 heavy (non-hydrogen) atoms. The third-order valence-corrected chi connectivity index (χ3v) is 4.96. The van der Waals surface area contributed by atoms with E-state index in [4.69, 9.17) is 0 Å². The van der Waals surface area contributed by atoms with Crippen LogP contribution in [0.25, 0.3) is 0 Å². The number of hydrogen-bond donors (Lipinski definition) is 3. The summed E-state index contributed by atoms with van der Waals surface area (Å²) in [6.45, 7) is 14.6. The Bertz CT molecular complexity index is 565. The zero-order valence-corrected chi connectivity index (χ0v) is 17.7. The lowest BCUT2D eigenvalue weighted by Crippen LogP contribution is -3.11. The van der Waals surface area contributed by atoms with Gasteiger partial charge in [0.25, 0.3) is 0 Å². The first kappa shape index (κ1) is 23.2. The van der Waals surface area contributed by atoms with Crippen LogP contribution in [0.5, 0.6) is 0 Å². The van der Waals surface area contributed by atoms with Crippen molar-refractivity contribution in [3.05, 3.63) is 29.8 Å². The Hall–Kier alpha value is -1.88. The topological polar surface area (TPSA) is 62.6 Å². The van der Waals surface area contributed by atoms with Crippen LogP contribution >= 0.6 is 0 Å². The Morgan fingerprint density at radius 2 is 1.56 bits per heavy atom. The van der Waals surface area contributed by atoms with Crippen LogP contribution in [-0.4, -0.2) is 38.0 Å². The highest BCUT2D eigenvalue weighted by Gasteiger charge is 2.14. The molecule has 1 aromatic carbocycles. The molecule has 0 aromatic heterocycles. The molecule has 2 amide bonds. The molecule has 1 rings (SSSR count). The molecule has 5 heteroatoms. The lowest BCUT2D eigenvalue weighted by atomic mass is 10.0. The Labute approximate surface area is 164 Å². The van der Waals surface area contributed by atoms with Crippen molar-refractivity contribution < 1.29 is 14.5 Å². The predicted octanol–water partition coefficient (Wildman–Crippen LogP) is 2.60. The molecule has 0 unspecified atom stereocenters. The lowest BCUT2D eigenvalue weighted by molar-refractivity contribution is -0.896. The molecule has 0 saturated heterocycles. The van der Waals surface area contributed by atoms with E-state index in [1.165, 1.54) is 5.56 Å². The number of carbonyl (C=O) groups excluding carboxylic acids is 2. The number of anilines is 1. The van der Waals surface area contributed by atoms with Crippen LogP contribution in [0.4, 0.5) is 5.69 Å². The van der Waals surface area contributed by atoms with Gasteiger partial charge in [0.2, 0.25) is 11.8 Å². The van der Waals surface area contributed by atoms with E-state index in [0.29, 0.717) is 25.3 Å². The van der Waals surface area contributed by atoms with Crippen molar-refractivity contribution >= 4 is 17.5 Å². The molecule has 0 fully saturated rings. The van der Waals surface area contributed by atoms with Crippen LogP contribution in [0.3, 0.4) is 0 Å². The highest BCUT2D eigenvalue weighted by Crippen LogP contribution is 2.18. The predicted molar refractivity (Wildman–Crippen MR) is 112 cm³/mol. The fourth-order valence-electron chi connectivity index (χ4n) is 3.11. The highest BCUT2D eigenvalue weighted by atomic mass is 16.2. The van der Waals surface area contributed by atoms with E-state index < -0.39 is 0 Å². The summed E-state index contributed by atoms with van der Waals surface area (Å²) in [5.41, 5.74) is 2.06. The van der Waals surface area contributed by atoms with E-state index in [-0.39, 0.29) is 17.7 Å². The Kier molecular flexibility index (Phi) is 10.7.